The van der Waals surface area contributed by atoms with Crippen LogP contribution in [0, 0.1) is 0 Å². The normalized spacial score (nSPS) is 14.8. The second kappa shape index (κ2) is 4.48. The van der Waals surface area contributed by atoms with Crippen LogP contribution in [-0.4, -0.2) is 9.78 Å². The first-order valence-corrected chi connectivity index (χ1v) is 7.44. The van der Waals surface area contributed by atoms with Gasteiger partial charge in [-0.3, -0.25) is 0 Å². The van der Waals surface area contributed by atoms with Crippen molar-refractivity contribution in [1.29, 1.82) is 0 Å². The molecular formula is C18H18N2. The molecule has 1 fully saturated rings. The van der Waals surface area contributed by atoms with Crippen molar-refractivity contribution in [3.05, 3.63) is 59.9 Å². The minimum atomic E-state index is 0.710. The molecule has 1 heterocycles. The van der Waals surface area contributed by atoms with Crippen molar-refractivity contribution in [2.75, 3.05) is 0 Å². The van der Waals surface area contributed by atoms with Crippen molar-refractivity contribution in [1.82, 2.24) is 9.78 Å². The highest BCUT2D eigenvalue weighted by Crippen LogP contribution is 2.41. The van der Waals surface area contributed by atoms with E-state index in [0.717, 1.165) is 6.42 Å². The standard InChI is InChI=1S/C18H18N2/c1-2-15-12-18(14-10-11-14)20(19-15)17-9-5-7-13-6-3-4-8-16(13)17/h3-9,12,14H,2,10-11H2,1H3. The lowest BCUT2D eigenvalue weighted by Crippen LogP contribution is -2.02. The van der Waals surface area contributed by atoms with E-state index in [2.05, 4.69) is 60.1 Å². The molecule has 0 unspecified atom stereocenters. The Morgan fingerprint density at radius 2 is 1.90 bits per heavy atom. The minimum absolute atomic E-state index is 0.710. The quantitative estimate of drug-likeness (QED) is 0.681. The second-order valence-electron chi connectivity index (χ2n) is 5.60. The molecule has 4 rings (SSSR count). The number of hydrogen-bond acceptors (Lipinski definition) is 1. The number of rotatable bonds is 3. The van der Waals surface area contributed by atoms with Crippen LogP contribution in [0.5, 0.6) is 0 Å². The molecular weight excluding hydrogens is 244 g/mol. The van der Waals surface area contributed by atoms with Crippen molar-refractivity contribution in [3.63, 3.8) is 0 Å². The van der Waals surface area contributed by atoms with E-state index in [-0.39, 0.29) is 0 Å². The zero-order valence-electron chi connectivity index (χ0n) is 11.7. The predicted octanol–water partition coefficient (Wildman–Crippen LogP) is 4.47. The summed E-state index contributed by atoms with van der Waals surface area (Å²) >= 11 is 0. The zero-order valence-corrected chi connectivity index (χ0v) is 11.7. The fourth-order valence-corrected chi connectivity index (χ4v) is 2.88. The molecule has 0 spiro atoms. The summed E-state index contributed by atoms with van der Waals surface area (Å²) in [5, 5.41) is 7.39. The summed E-state index contributed by atoms with van der Waals surface area (Å²) in [6.07, 6.45) is 3.61. The first-order valence-electron chi connectivity index (χ1n) is 7.44. The van der Waals surface area contributed by atoms with Gasteiger partial charge in [0.1, 0.15) is 0 Å². The first kappa shape index (κ1) is 11.7. The highest BCUT2D eigenvalue weighted by atomic mass is 15.3. The van der Waals surface area contributed by atoms with Crippen molar-refractivity contribution in [3.8, 4) is 5.69 Å². The van der Waals surface area contributed by atoms with Crippen LogP contribution in [0.3, 0.4) is 0 Å². The molecule has 100 valence electrons. The van der Waals surface area contributed by atoms with Gasteiger partial charge in [-0.2, -0.15) is 5.10 Å². The van der Waals surface area contributed by atoms with Crippen LogP contribution < -0.4 is 0 Å². The molecule has 0 aliphatic heterocycles. The molecule has 2 aromatic carbocycles. The Bertz CT molecular complexity index is 761. The number of nitrogens with zero attached hydrogens (tertiary/aromatic N) is 2. The molecule has 0 bridgehead atoms. The topological polar surface area (TPSA) is 17.8 Å². The summed E-state index contributed by atoms with van der Waals surface area (Å²) in [6, 6.07) is 17.3. The molecule has 0 atom stereocenters. The van der Waals surface area contributed by atoms with Gasteiger partial charge < -0.3 is 0 Å². The SMILES string of the molecule is CCc1cc(C2CC2)n(-c2cccc3ccccc23)n1. The molecule has 1 aliphatic carbocycles. The molecule has 20 heavy (non-hydrogen) atoms. The molecule has 2 heteroatoms. The van der Waals surface area contributed by atoms with Gasteiger partial charge >= 0.3 is 0 Å². The van der Waals surface area contributed by atoms with Gasteiger partial charge in [0.15, 0.2) is 0 Å². The average molecular weight is 262 g/mol. The van der Waals surface area contributed by atoms with Crippen LogP contribution >= 0.6 is 0 Å². The lowest BCUT2D eigenvalue weighted by molar-refractivity contribution is 0.794. The van der Waals surface area contributed by atoms with Gasteiger partial charge in [0.05, 0.1) is 11.4 Å². The third kappa shape index (κ3) is 1.83. The van der Waals surface area contributed by atoms with E-state index in [4.69, 9.17) is 5.10 Å². The molecule has 0 saturated heterocycles. The van der Waals surface area contributed by atoms with Gasteiger partial charge in [0.2, 0.25) is 0 Å². The molecule has 1 saturated carbocycles. The van der Waals surface area contributed by atoms with E-state index < -0.39 is 0 Å². The fourth-order valence-electron chi connectivity index (χ4n) is 2.88. The van der Waals surface area contributed by atoms with Gasteiger partial charge in [-0.1, -0.05) is 43.3 Å². The fraction of sp³-hybridized carbons (Fsp3) is 0.278. The predicted molar refractivity (Wildman–Crippen MR) is 82.4 cm³/mol. The number of aromatic nitrogens is 2. The summed E-state index contributed by atoms with van der Waals surface area (Å²) in [6.45, 7) is 2.17. The highest BCUT2D eigenvalue weighted by molar-refractivity contribution is 5.90. The van der Waals surface area contributed by atoms with Crippen molar-refractivity contribution in [2.45, 2.75) is 32.1 Å². The number of benzene rings is 2. The van der Waals surface area contributed by atoms with Crippen molar-refractivity contribution >= 4 is 10.8 Å². The molecule has 0 amide bonds. The monoisotopic (exact) mass is 262 g/mol. The van der Waals surface area contributed by atoms with Gasteiger partial charge in [-0.05, 0) is 36.8 Å². The van der Waals surface area contributed by atoms with Gasteiger partial charge in [0.25, 0.3) is 0 Å². The Hall–Kier alpha value is -2.09. The smallest absolute Gasteiger partial charge is 0.0727 e. The number of fused-ring (bicyclic) bond motifs is 1. The molecule has 2 nitrogen and oxygen atoms in total. The van der Waals surface area contributed by atoms with Crippen LogP contribution in [0.2, 0.25) is 0 Å². The third-order valence-corrected chi connectivity index (χ3v) is 4.14. The van der Waals surface area contributed by atoms with Gasteiger partial charge in [-0.25, -0.2) is 4.68 Å². The summed E-state index contributed by atoms with van der Waals surface area (Å²) in [4.78, 5) is 0. The molecule has 1 aliphatic rings. The largest absolute Gasteiger partial charge is 0.237 e. The molecule has 0 radical (unpaired) electrons. The van der Waals surface area contributed by atoms with Crippen LogP contribution in [-0.2, 0) is 6.42 Å². The maximum Gasteiger partial charge on any atom is 0.0727 e. The first-order chi connectivity index (χ1) is 9.86. The summed E-state index contributed by atoms with van der Waals surface area (Å²) in [7, 11) is 0. The van der Waals surface area contributed by atoms with Crippen LogP contribution in [0.15, 0.2) is 48.5 Å². The lowest BCUT2D eigenvalue weighted by Gasteiger charge is -2.10. The average Bonchev–Trinajstić information content (AvgIpc) is 3.26. The van der Waals surface area contributed by atoms with Crippen molar-refractivity contribution < 1.29 is 0 Å². The van der Waals surface area contributed by atoms with Crippen LogP contribution in [0.25, 0.3) is 16.5 Å². The Morgan fingerprint density at radius 3 is 2.70 bits per heavy atom. The Morgan fingerprint density at radius 1 is 1.10 bits per heavy atom. The Labute approximate surface area is 119 Å². The summed E-state index contributed by atoms with van der Waals surface area (Å²) in [5.41, 5.74) is 3.79. The third-order valence-electron chi connectivity index (χ3n) is 4.14. The van der Waals surface area contributed by atoms with E-state index in [9.17, 15) is 0 Å². The lowest BCUT2D eigenvalue weighted by atomic mass is 10.1. The minimum Gasteiger partial charge on any atom is -0.237 e. The van der Waals surface area contributed by atoms with Gasteiger partial charge in [-0.15, -0.1) is 0 Å². The number of aryl methyl sites for hydroxylation is 1. The molecule has 1 aromatic heterocycles. The van der Waals surface area contributed by atoms with E-state index in [1.165, 1.54) is 40.7 Å². The van der Waals surface area contributed by atoms with E-state index in [0.29, 0.717) is 5.92 Å². The Kier molecular flexibility index (Phi) is 2.62. The van der Waals surface area contributed by atoms with E-state index in [1.54, 1.807) is 0 Å². The maximum absolute atomic E-state index is 4.83. The Balaban J connectivity index is 1.96. The highest BCUT2D eigenvalue weighted by Gasteiger charge is 2.28. The zero-order chi connectivity index (χ0) is 13.5. The maximum atomic E-state index is 4.83. The van der Waals surface area contributed by atoms with Crippen LogP contribution in [0.4, 0.5) is 0 Å². The van der Waals surface area contributed by atoms with E-state index >= 15 is 0 Å². The molecule has 3 aromatic rings. The summed E-state index contributed by atoms with van der Waals surface area (Å²) in [5.74, 6) is 0.710. The second-order valence-corrected chi connectivity index (χ2v) is 5.60. The molecule has 0 N–H and O–H groups in total. The summed E-state index contributed by atoms with van der Waals surface area (Å²) < 4.78 is 2.18. The number of hydrogen-bond donors (Lipinski definition) is 0. The van der Waals surface area contributed by atoms with Gasteiger partial charge in [0, 0.05) is 17.0 Å². The van der Waals surface area contributed by atoms with Crippen LogP contribution in [0.1, 0.15) is 37.1 Å². The van der Waals surface area contributed by atoms with Crippen molar-refractivity contribution in [2.24, 2.45) is 0 Å². The van der Waals surface area contributed by atoms with E-state index in [1.807, 2.05) is 0 Å².